The number of nitrogens with one attached hydrogen (secondary N) is 2. The van der Waals surface area contributed by atoms with Crippen LogP contribution in [0.2, 0.25) is 0 Å². The number of halogens is 3. The standard InChI is InChI=1S/C19H31F3N4O/c1-26(2)17(27)11-23-18(25-16-10-12-3-4-13(16)9-12)24-15-7-5-14(6-8-15)19(20,21)22/h12-16H,3-11H2,1-2H3,(H2,23,24,25). The zero-order valence-electron chi connectivity index (χ0n) is 16.2. The number of fused-ring (bicyclic) bond motifs is 2. The molecule has 0 spiro atoms. The van der Waals surface area contributed by atoms with Crippen LogP contribution in [-0.4, -0.2) is 55.7 Å². The van der Waals surface area contributed by atoms with Crippen LogP contribution in [0.4, 0.5) is 13.2 Å². The van der Waals surface area contributed by atoms with Crippen LogP contribution in [0.25, 0.3) is 0 Å². The molecule has 3 aliphatic carbocycles. The summed E-state index contributed by atoms with van der Waals surface area (Å²) in [5.41, 5.74) is 0. The van der Waals surface area contributed by atoms with Crippen molar-refractivity contribution in [1.29, 1.82) is 0 Å². The number of aliphatic imine (C=N–C) groups is 1. The van der Waals surface area contributed by atoms with Crippen LogP contribution in [0, 0.1) is 17.8 Å². The van der Waals surface area contributed by atoms with E-state index < -0.39 is 12.1 Å². The lowest BCUT2D eigenvalue weighted by Crippen LogP contribution is -2.50. The van der Waals surface area contributed by atoms with Gasteiger partial charge < -0.3 is 15.5 Å². The van der Waals surface area contributed by atoms with Gasteiger partial charge in [-0.1, -0.05) is 6.42 Å². The molecule has 0 aromatic carbocycles. The summed E-state index contributed by atoms with van der Waals surface area (Å²) in [6.45, 7) is 0.0427. The Morgan fingerprint density at radius 1 is 1.04 bits per heavy atom. The lowest BCUT2D eigenvalue weighted by Gasteiger charge is -2.32. The van der Waals surface area contributed by atoms with Crippen molar-refractivity contribution in [3.05, 3.63) is 0 Å². The molecule has 2 bridgehead atoms. The number of likely N-dealkylation sites (N-methyl/N-ethyl adjacent to an activating group) is 1. The highest BCUT2D eigenvalue weighted by Crippen LogP contribution is 2.44. The Hall–Kier alpha value is -1.47. The number of hydrogen-bond donors (Lipinski definition) is 2. The van der Waals surface area contributed by atoms with Crippen LogP contribution in [-0.2, 0) is 4.79 Å². The second-order valence-electron chi connectivity index (χ2n) is 8.61. The minimum atomic E-state index is -4.10. The van der Waals surface area contributed by atoms with E-state index in [1.54, 1.807) is 14.1 Å². The van der Waals surface area contributed by atoms with E-state index in [9.17, 15) is 18.0 Å². The Bertz CT molecular complexity index is 556. The van der Waals surface area contributed by atoms with Gasteiger partial charge in [0.15, 0.2) is 5.96 Å². The third kappa shape index (κ3) is 5.29. The van der Waals surface area contributed by atoms with E-state index in [2.05, 4.69) is 15.6 Å². The van der Waals surface area contributed by atoms with Crippen LogP contribution >= 0.6 is 0 Å². The highest BCUT2D eigenvalue weighted by molar-refractivity contribution is 5.85. The Morgan fingerprint density at radius 2 is 1.74 bits per heavy atom. The zero-order chi connectivity index (χ0) is 19.6. The lowest BCUT2D eigenvalue weighted by atomic mass is 9.85. The van der Waals surface area contributed by atoms with Gasteiger partial charge >= 0.3 is 6.18 Å². The summed E-state index contributed by atoms with van der Waals surface area (Å²) < 4.78 is 38.6. The van der Waals surface area contributed by atoms with Gasteiger partial charge in [-0.05, 0) is 56.8 Å². The summed E-state index contributed by atoms with van der Waals surface area (Å²) in [4.78, 5) is 17.8. The first-order chi connectivity index (χ1) is 12.7. The van der Waals surface area contributed by atoms with Crippen molar-refractivity contribution >= 4 is 11.9 Å². The van der Waals surface area contributed by atoms with Crippen LogP contribution < -0.4 is 10.6 Å². The first-order valence-corrected chi connectivity index (χ1v) is 10.1. The quantitative estimate of drug-likeness (QED) is 0.575. The summed E-state index contributed by atoms with van der Waals surface area (Å²) in [7, 11) is 3.37. The van der Waals surface area contributed by atoms with Gasteiger partial charge in [-0.3, -0.25) is 4.79 Å². The molecule has 3 rings (SSSR count). The summed E-state index contributed by atoms with van der Waals surface area (Å²) >= 11 is 0. The molecule has 3 atom stereocenters. The SMILES string of the molecule is CN(C)C(=O)CN=C(NC1CCC(C(F)(F)F)CC1)NC1CC2CCC1C2. The maximum atomic E-state index is 12.9. The molecule has 0 aromatic rings. The Labute approximate surface area is 159 Å². The molecule has 0 aliphatic heterocycles. The average Bonchev–Trinajstić information content (AvgIpc) is 3.22. The van der Waals surface area contributed by atoms with Crippen molar-refractivity contribution in [3.8, 4) is 0 Å². The van der Waals surface area contributed by atoms with Gasteiger partial charge in [0.1, 0.15) is 6.54 Å². The largest absolute Gasteiger partial charge is 0.391 e. The van der Waals surface area contributed by atoms with E-state index in [0.29, 0.717) is 30.8 Å². The summed E-state index contributed by atoms with van der Waals surface area (Å²) in [6, 6.07) is 0.332. The molecular formula is C19H31F3N4O. The lowest BCUT2D eigenvalue weighted by molar-refractivity contribution is -0.182. The van der Waals surface area contributed by atoms with Gasteiger partial charge in [0, 0.05) is 26.2 Å². The van der Waals surface area contributed by atoms with Gasteiger partial charge in [-0.25, -0.2) is 4.99 Å². The number of rotatable bonds is 4. The van der Waals surface area contributed by atoms with Crippen molar-refractivity contribution in [2.45, 2.75) is 69.6 Å². The van der Waals surface area contributed by atoms with Gasteiger partial charge in [0.2, 0.25) is 5.91 Å². The summed E-state index contributed by atoms with van der Waals surface area (Å²) in [5, 5.41) is 6.79. The number of guanidine groups is 1. The molecule has 27 heavy (non-hydrogen) atoms. The first-order valence-electron chi connectivity index (χ1n) is 10.1. The van der Waals surface area contributed by atoms with Crippen molar-refractivity contribution in [2.75, 3.05) is 20.6 Å². The minimum absolute atomic E-state index is 0.0251. The Kier molecular flexibility index (Phi) is 6.21. The van der Waals surface area contributed by atoms with E-state index in [-0.39, 0.29) is 31.3 Å². The first kappa shape index (κ1) is 20.3. The Balaban J connectivity index is 1.58. The zero-order valence-corrected chi connectivity index (χ0v) is 16.2. The molecule has 5 nitrogen and oxygen atoms in total. The molecule has 154 valence electrons. The smallest absolute Gasteiger partial charge is 0.354 e. The molecule has 0 heterocycles. The number of nitrogens with zero attached hydrogens (tertiary/aromatic N) is 2. The number of carbonyl (C=O) groups is 1. The molecule has 3 aliphatic rings. The molecule has 3 unspecified atom stereocenters. The average molecular weight is 388 g/mol. The van der Waals surface area contributed by atoms with Crippen molar-refractivity contribution in [3.63, 3.8) is 0 Å². The Morgan fingerprint density at radius 3 is 2.26 bits per heavy atom. The number of alkyl halides is 3. The highest BCUT2D eigenvalue weighted by atomic mass is 19.4. The van der Waals surface area contributed by atoms with Crippen LogP contribution in [0.15, 0.2) is 4.99 Å². The number of amides is 1. The van der Waals surface area contributed by atoms with Crippen LogP contribution in [0.1, 0.15) is 51.4 Å². The number of hydrogen-bond acceptors (Lipinski definition) is 2. The summed E-state index contributed by atoms with van der Waals surface area (Å²) in [6.07, 6.45) is 2.05. The third-order valence-corrected chi connectivity index (χ3v) is 6.46. The molecule has 3 fully saturated rings. The topological polar surface area (TPSA) is 56.7 Å². The normalized spacial score (nSPS) is 33.8. The van der Waals surface area contributed by atoms with Gasteiger partial charge in [0.25, 0.3) is 0 Å². The molecular weight excluding hydrogens is 357 g/mol. The maximum Gasteiger partial charge on any atom is 0.391 e. The predicted octanol–water partition coefficient (Wildman–Crippen LogP) is 2.92. The van der Waals surface area contributed by atoms with Crippen LogP contribution in [0.5, 0.6) is 0 Å². The van der Waals surface area contributed by atoms with Crippen molar-refractivity contribution < 1.29 is 18.0 Å². The molecule has 3 saturated carbocycles. The van der Waals surface area contributed by atoms with E-state index in [1.807, 2.05) is 0 Å². The predicted molar refractivity (Wildman–Crippen MR) is 98.3 cm³/mol. The monoisotopic (exact) mass is 388 g/mol. The molecule has 0 radical (unpaired) electrons. The second-order valence-corrected chi connectivity index (χ2v) is 8.61. The number of carbonyl (C=O) groups excluding carboxylic acids is 1. The minimum Gasteiger partial charge on any atom is -0.354 e. The molecule has 0 saturated heterocycles. The van der Waals surface area contributed by atoms with Gasteiger partial charge in [-0.2, -0.15) is 13.2 Å². The van der Waals surface area contributed by atoms with Crippen molar-refractivity contribution in [1.82, 2.24) is 15.5 Å². The van der Waals surface area contributed by atoms with E-state index in [4.69, 9.17) is 0 Å². The van der Waals surface area contributed by atoms with Gasteiger partial charge in [-0.15, -0.1) is 0 Å². The van der Waals surface area contributed by atoms with E-state index in [1.165, 1.54) is 24.2 Å². The van der Waals surface area contributed by atoms with E-state index in [0.717, 1.165) is 12.3 Å². The van der Waals surface area contributed by atoms with E-state index >= 15 is 0 Å². The fourth-order valence-electron chi connectivity index (χ4n) is 4.78. The van der Waals surface area contributed by atoms with Crippen molar-refractivity contribution in [2.24, 2.45) is 22.7 Å². The molecule has 1 amide bonds. The van der Waals surface area contributed by atoms with Gasteiger partial charge in [0.05, 0.1) is 5.92 Å². The fraction of sp³-hybridized carbons (Fsp3) is 0.895. The molecule has 8 heteroatoms. The molecule has 2 N–H and O–H groups in total. The van der Waals surface area contributed by atoms with Crippen LogP contribution in [0.3, 0.4) is 0 Å². The fourth-order valence-corrected chi connectivity index (χ4v) is 4.78. The second kappa shape index (κ2) is 8.27. The highest BCUT2D eigenvalue weighted by Gasteiger charge is 2.42. The third-order valence-electron chi connectivity index (χ3n) is 6.46. The maximum absolute atomic E-state index is 12.9. The summed E-state index contributed by atoms with van der Waals surface area (Å²) in [5.74, 6) is 0.722. The molecule has 0 aromatic heterocycles.